The molecule has 4 rings (SSSR count). The second-order valence-electron chi connectivity index (χ2n) is 7.29. The first-order chi connectivity index (χ1) is 9.65. The average molecular weight is 272 g/mol. The smallest absolute Gasteiger partial charge is 0.115 e. The molecule has 1 aromatic rings. The van der Waals surface area contributed by atoms with Gasteiger partial charge in [0.25, 0.3) is 0 Å². The van der Waals surface area contributed by atoms with Crippen LogP contribution in [0.2, 0.25) is 0 Å². The number of fused-ring (bicyclic) bond motifs is 5. The molecule has 1 aromatic carbocycles. The number of aliphatic hydroxyl groups excluding tert-OH is 1. The van der Waals surface area contributed by atoms with Gasteiger partial charge in [0.15, 0.2) is 0 Å². The van der Waals surface area contributed by atoms with Crippen molar-refractivity contribution in [1.29, 1.82) is 0 Å². The summed E-state index contributed by atoms with van der Waals surface area (Å²) in [7, 11) is 0. The van der Waals surface area contributed by atoms with Crippen molar-refractivity contribution in [2.24, 2.45) is 23.7 Å². The fourth-order valence-corrected chi connectivity index (χ4v) is 5.63. The lowest BCUT2D eigenvalue weighted by Crippen LogP contribution is -2.41. The summed E-state index contributed by atoms with van der Waals surface area (Å²) in [5, 5.41) is 20.0. The molecule has 0 aliphatic heterocycles. The zero-order valence-corrected chi connectivity index (χ0v) is 12.1. The molecule has 0 amide bonds. The normalized spacial score (nSPS) is 42.7. The summed E-state index contributed by atoms with van der Waals surface area (Å²) in [6.45, 7) is 2.33. The van der Waals surface area contributed by atoms with Crippen molar-refractivity contribution in [2.45, 2.75) is 51.0 Å². The molecule has 0 heterocycles. The van der Waals surface area contributed by atoms with E-state index in [1.165, 1.54) is 30.4 Å². The Morgan fingerprint density at radius 1 is 1.10 bits per heavy atom. The Bertz CT molecular complexity index is 524. The maximum absolute atomic E-state index is 10.3. The third-order valence-electron chi connectivity index (χ3n) is 6.36. The van der Waals surface area contributed by atoms with Crippen molar-refractivity contribution in [1.82, 2.24) is 0 Å². The lowest BCUT2D eigenvalue weighted by Gasteiger charge is -2.47. The van der Waals surface area contributed by atoms with Crippen molar-refractivity contribution in [2.75, 3.05) is 0 Å². The van der Waals surface area contributed by atoms with Gasteiger partial charge in [-0.15, -0.1) is 0 Å². The van der Waals surface area contributed by atoms with Crippen LogP contribution in [0.15, 0.2) is 18.2 Å². The summed E-state index contributed by atoms with van der Waals surface area (Å²) in [5.41, 5.74) is 2.83. The van der Waals surface area contributed by atoms with E-state index in [9.17, 15) is 10.2 Å². The van der Waals surface area contributed by atoms with E-state index in [1.807, 2.05) is 12.1 Å². The number of aliphatic hydroxyl groups is 1. The fourth-order valence-electron chi connectivity index (χ4n) is 5.63. The van der Waals surface area contributed by atoms with Gasteiger partial charge in [0.1, 0.15) is 5.75 Å². The first-order valence-corrected chi connectivity index (χ1v) is 8.15. The Labute approximate surface area is 120 Å². The highest BCUT2D eigenvalue weighted by atomic mass is 16.3. The second-order valence-corrected chi connectivity index (χ2v) is 7.29. The van der Waals surface area contributed by atoms with Gasteiger partial charge in [0.05, 0.1) is 6.10 Å². The minimum atomic E-state index is -0.0582. The second kappa shape index (κ2) is 4.49. The van der Waals surface area contributed by atoms with E-state index in [0.29, 0.717) is 23.5 Å². The van der Waals surface area contributed by atoms with Crippen molar-refractivity contribution < 1.29 is 10.2 Å². The van der Waals surface area contributed by atoms with Gasteiger partial charge in [-0.05, 0) is 85.0 Å². The van der Waals surface area contributed by atoms with Gasteiger partial charge in [-0.2, -0.15) is 0 Å². The molecule has 2 heteroatoms. The molecule has 6 atom stereocenters. The number of hydrogen-bond acceptors (Lipinski definition) is 2. The quantitative estimate of drug-likeness (QED) is 0.759. The van der Waals surface area contributed by atoms with Gasteiger partial charge in [-0.25, -0.2) is 0 Å². The van der Waals surface area contributed by atoms with E-state index in [-0.39, 0.29) is 6.10 Å². The molecular formula is C18H24O2. The maximum Gasteiger partial charge on any atom is 0.115 e. The summed E-state index contributed by atoms with van der Waals surface area (Å²) in [6.07, 6.45) is 5.70. The molecule has 2 fully saturated rings. The number of benzene rings is 1. The van der Waals surface area contributed by atoms with Crippen molar-refractivity contribution in [3.8, 4) is 5.75 Å². The Morgan fingerprint density at radius 3 is 2.80 bits per heavy atom. The third kappa shape index (κ3) is 1.74. The number of aromatic hydroxyl groups is 1. The van der Waals surface area contributed by atoms with Gasteiger partial charge < -0.3 is 10.2 Å². The minimum Gasteiger partial charge on any atom is -0.508 e. The molecule has 3 aliphatic carbocycles. The monoisotopic (exact) mass is 272 g/mol. The summed E-state index contributed by atoms with van der Waals surface area (Å²) in [4.78, 5) is 0. The first kappa shape index (κ1) is 12.7. The summed E-state index contributed by atoms with van der Waals surface area (Å²) < 4.78 is 0. The Morgan fingerprint density at radius 2 is 1.95 bits per heavy atom. The predicted molar refractivity (Wildman–Crippen MR) is 78.7 cm³/mol. The van der Waals surface area contributed by atoms with E-state index < -0.39 is 0 Å². The predicted octanol–water partition coefficient (Wildman–Crippen LogP) is 3.47. The fraction of sp³-hybridized carbons (Fsp3) is 0.667. The molecule has 108 valence electrons. The summed E-state index contributed by atoms with van der Waals surface area (Å²) >= 11 is 0. The highest BCUT2D eigenvalue weighted by Gasteiger charge is 2.50. The lowest BCUT2D eigenvalue weighted by molar-refractivity contribution is 0.0187. The Balaban J connectivity index is 1.72. The van der Waals surface area contributed by atoms with Gasteiger partial charge in [-0.3, -0.25) is 0 Å². The van der Waals surface area contributed by atoms with Crippen LogP contribution in [0, 0.1) is 23.7 Å². The van der Waals surface area contributed by atoms with Gasteiger partial charge in [0, 0.05) is 0 Å². The highest BCUT2D eigenvalue weighted by Crippen LogP contribution is 2.57. The van der Waals surface area contributed by atoms with Crippen LogP contribution >= 0.6 is 0 Å². The average Bonchev–Trinajstić information content (AvgIpc) is 2.81. The van der Waals surface area contributed by atoms with Crippen LogP contribution in [-0.4, -0.2) is 16.3 Å². The maximum atomic E-state index is 10.3. The van der Waals surface area contributed by atoms with Crippen LogP contribution in [0.5, 0.6) is 5.75 Å². The van der Waals surface area contributed by atoms with Gasteiger partial charge in [0.2, 0.25) is 0 Å². The van der Waals surface area contributed by atoms with E-state index in [1.54, 1.807) is 0 Å². The largest absolute Gasteiger partial charge is 0.508 e. The summed E-state index contributed by atoms with van der Waals surface area (Å²) in [5.74, 6) is 3.70. The number of phenolic OH excluding ortho intramolecular Hbond substituents is 1. The van der Waals surface area contributed by atoms with Crippen LogP contribution in [0.4, 0.5) is 0 Å². The highest BCUT2D eigenvalue weighted by molar-refractivity contribution is 5.40. The number of aryl methyl sites for hydroxylation is 1. The van der Waals surface area contributed by atoms with Gasteiger partial charge in [-0.1, -0.05) is 13.0 Å². The third-order valence-corrected chi connectivity index (χ3v) is 6.36. The number of phenols is 1. The Kier molecular flexibility index (Phi) is 2.85. The first-order valence-electron chi connectivity index (χ1n) is 8.15. The van der Waals surface area contributed by atoms with Crippen LogP contribution in [-0.2, 0) is 6.42 Å². The zero-order chi connectivity index (χ0) is 13.9. The van der Waals surface area contributed by atoms with Crippen molar-refractivity contribution in [3.63, 3.8) is 0 Å². The van der Waals surface area contributed by atoms with E-state index in [2.05, 4.69) is 13.0 Å². The molecule has 2 nitrogen and oxygen atoms in total. The molecule has 3 aliphatic rings. The van der Waals surface area contributed by atoms with Crippen LogP contribution in [0.25, 0.3) is 0 Å². The molecule has 0 saturated heterocycles. The number of rotatable bonds is 0. The minimum absolute atomic E-state index is 0.0582. The number of hydrogen-bond donors (Lipinski definition) is 2. The molecule has 6 unspecified atom stereocenters. The van der Waals surface area contributed by atoms with E-state index in [0.717, 1.165) is 24.7 Å². The van der Waals surface area contributed by atoms with Crippen LogP contribution in [0.3, 0.4) is 0 Å². The van der Waals surface area contributed by atoms with Crippen molar-refractivity contribution >= 4 is 0 Å². The van der Waals surface area contributed by atoms with Crippen LogP contribution < -0.4 is 0 Å². The molecule has 0 aromatic heterocycles. The van der Waals surface area contributed by atoms with E-state index in [4.69, 9.17) is 0 Å². The molecule has 2 N–H and O–H groups in total. The topological polar surface area (TPSA) is 40.5 Å². The zero-order valence-electron chi connectivity index (χ0n) is 12.1. The van der Waals surface area contributed by atoms with E-state index >= 15 is 0 Å². The standard InChI is InChI=1S/C18H24O2/c1-10-8-16-13-5-3-12(19)9-11(13)2-4-14(16)15-6-7-17(20)18(10)15/h3,5,9-10,14-20H,2,4,6-8H2,1H3. The molecule has 20 heavy (non-hydrogen) atoms. The van der Waals surface area contributed by atoms with Gasteiger partial charge >= 0.3 is 0 Å². The molecule has 2 saturated carbocycles. The van der Waals surface area contributed by atoms with Crippen LogP contribution in [0.1, 0.15) is 49.7 Å². The lowest BCUT2D eigenvalue weighted by atomic mass is 9.57. The summed E-state index contributed by atoms with van der Waals surface area (Å²) in [6, 6.07) is 5.97. The molecule has 0 radical (unpaired) electrons. The molecule has 0 bridgehead atoms. The Hall–Kier alpha value is -1.02. The molecular weight excluding hydrogens is 248 g/mol. The SMILES string of the molecule is CC1CC2c3ccc(O)cc3CCC2C2CCC(O)C12. The van der Waals surface area contributed by atoms with Crippen molar-refractivity contribution in [3.05, 3.63) is 29.3 Å². The molecule has 0 spiro atoms.